The molecule has 0 bridgehead atoms. The molecule has 0 fully saturated rings. The number of carbonyl (C=O) groups is 1. The molecule has 0 amide bonds. The van der Waals surface area contributed by atoms with Gasteiger partial charge in [-0.2, -0.15) is 0 Å². The molecule has 0 aliphatic heterocycles. The molecule has 6 heteroatoms. The molecule has 0 heterocycles. The van der Waals surface area contributed by atoms with Gasteiger partial charge in [-0.3, -0.25) is 4.79 Å². The smallest absolute Gasteiger partial charge is 0.195 e. The van der Waals surface area contributed by atoms with Gasteiger partial charge in [0.2, 0.25) is 0 Å². The van der Waals surface area contributed by atoms with E-state index in [-0.39, 0.29) is 40.4 Å². The van der Waals surface area contributed by atoms with Crippen molar-refractivity contribution in [1.82, 2.24) is 0 Å². The maximum atomic E-state index is 10.7. The van der Waals surface area contributed by atoms with E-state index in [0.717, 1.165) is 3.57 Å². The fraction of sp³-hybridized carbons (Fsp3) is 0.0833. The number of hydrogen-bond acceptors (Lipinski definition) is 2. The van der Waals surface area contributed by atoms with Gasteiger partial charge in [-0.1, -0.05) is 35.9 Å². The van der Waals surface area contributed by atoms with Gasteiger partial charge >= 0.3 is 0 Å². The molecule has 1 radical (unpaired) electrons. The number of allylic oxidation sites excluding steroid dienone is 4. The van der Waals surface area contributed by atoms with Crippen LogP contribution in [0.1, 0.15) is 0 Å². The van der Waals surface area contributed by atoms with Crippen LogP contribution in [0.3, 0.4) is 0 Å². The van der Waals surface area contributed by atoms with Crippen molar-refractivity contribution in [1.29, 1.82) is 0 Å². The topological polar surface area (TPSA) is 37.3 Å². The van der Waals surface area contributed by atoms with Crippen LogP contribution in [0.5, 0.6) is 5.75 Å². The first-order valence-corrected chi connectivity index (χ1v) is 6.57. The molecule has 0 spiro atoms. The summed E-state index contributed by atoms with van der Waals surface area (Å²) in [6, 6.07) is 7.22. The molecule has 1 aromatic rings. The molecule has 1 aromatic carbocycles. The van der Waals surface area contributed by atoms with Crippen molar-refractivity contribution in [2.24, 2.45) is 0 Å². The molecule has 1 aliphatic carbocycles. The summed E-state index contributed by atoms with van der Waals surface area (Å²) < 4.78 is 0.894. The number of benzene rings is 1. The zero-order chi connectivity index (χ0) is 12.8. The van der Waals surface area contributed by atoms with Gasteiger partial charge in [-0.25, -0.2) is 0 Å². The predicted octanol–water partition coefficient (Wildman–Crippen LogP) is 3.47. The number of phenolic OH excluding ortho intramolecular Hbond substituents is 1. The van der Waals surface area contributed by atoms with Crippen LogP contribution in [0, 0.1) is 3.57 Å². The zero-order valence-electron chi connectivity index (χ0n) is 9.61. The van der Waals surface area contributed by atoms with Crippen molar-refractivity contribution >= 4 is 81.1 Å². The number of aromatic hydroxyl groups is 1. The summed E-state index contributed by atoms with van der Waals surface area (Å²) in [4.78, 5) is 10.7. The molecule has 0 saturated carbocycles. The first kappa shape index (κ1) is 18.5. The third kappa shape index (κ3) is 6.08. The number of phenols is 1. The minimum atomic E-state index is -0.567. The minimum absolute atomic E-state index is 0. The number of hydrogen-bond donors (Lipinski definition) is 1. The largest absolute Gasteiger partial charge is 0.507 e. The van der Waals surface area contributed by atoms with Gasteiger partial charge in [0.1, 0.15) is 11.1 Å². The van der Waals surface area contributed by atoms with Crippen molar-refractivity contribution < 1.29 is 9.90 Å². The Bertz CT molecular complexity index is 454. The molecule has 1 unspecified atom stereocenters. The third-order valence-electron chi connectivity index (χ3n) is 1.86. The van der Waals surface area contributed by atoms with E-state index in [4.69, 9.17) is 28.3 Å². The van der Waals surface area contributed by atoms with Crippen LogP contribution in [-0.2, 0) is 4.79 Å². The summed E-state index contributed by atoms with van der Waals surface area (Å²) in [7, 11) is 0. The average Bonchev–Trinajstić information content (AvgIpc) is 2.31. The van der Waals surface area contributed by atoms with E-state index < -0.39 is 5.38 Å². The first-order valence-electron chi connectivity index (χ1n) is 4.68. The fourth-order valence-electron chi connectivity index (χ4n) is 0.991. The molecule has 2 rings (SSSR count). The van der Waals surface area contributed by atoms with Gasteiger partial charge in [-0.15, -0.1) is 11.6 Å². The van der Waals surface area contributed by atoms with E-state index in [1.165, 1.54) is 6.08 Å². The van der Waals surface area contributed by atoms with E-state index in [2.05, 4.69) is 22.6 Å². The van der Waals surface area contributed by atoms with Crippen molar-refractivity contribution in [3.63, 3.8) is 0 Å². The molecule has 18 heavy (non-hydrogen) atoms. The van der Waals surface area contributed by atoms with Crippen molar-refractivity contribution in [2.75, 3.05) is 0 Å². The Morgan fingerprint density at radius 2 is 1.89 bits per heavy atom. The Morgan fingerprint density at radius 1 is 1.28 bits per heavy atom. The molecule has 0 aromatic heterocycles. The maximum absolute atomic E-state index is 10.7. The number of Topliss-reactive ketones (excluding diaryl/α,β-unsaturated/α-hetero) is 1. The second kappa shape index (κ2) is 9.39. The van der Waals surface area contributed by atoms with Gasteiger partial charge in [0.05, 0.1) is 8.60 Å². The van der Waals surface area contributed by atoms with Crippen LogP contribution >= 0.6 is 45.8 Å². The molecular weight excluding hydrogens is 397 g/mol. The summed E-state index contributed by atoms with van der Waals surface area (Å²) in [6.45, 7) is 0. The van der Waals surface area contributed by atoms with Crippen LogP contribution in [0.15, 0.2) is 47.5 Å². The normalized spacial score (nSPS) is 17.2. The van der Waals surface area contributed by atoms with Crippen LogP contribution in [0.4, 0.5) is 0 Å². The SMILES string of the molecule is O=C1C(Cl)=CC=CC1Cl.Oc1ccccc1I.[Na]. The second-order valence-corrected chi connectivity index (χ2v) is 5.16. The minimum Gasteiger partial charge on any atom is -0.507 e. The molecular formula is C12H9Cl2INaO2. The number of rotatable bonds is 0. The van der Waals surface area contributed by atoms with E-state index in [9.17, 15) is 4.79 Å². The first-order chi connectivity index (χ1) is 8.02. The van der Waals surface area contributed by atoms with Crippen molar-refractivity contribution in [3.8, 4) is 5.75 Å². The monoisotopic (exact) mass is 405 g/mol. The van der Waals surface area contributed by atoms with Gasteiger partial charge in [0, 0.05) is 29.6 Å². The van der Waals surface area contributed by atoms with Gasteiger partial charge < -0.3 is 5.11 Å². The maximum Gasteiger partial charge on any atom is 0.195 e. The average molecular weight is 406 g/mol. The van der Waals surface area contributed by atoms with Crippen LogP contribution in [0.2, 0.25) is 0 Å². The van der Waals surface area contributed by atoms with Gasteiger partial charge in [0.25, 0.3) is 0 Å². The van der Waals surface area contributed by atoms with Gasteiger partial charge in [-0.05, 0) is 40.8 Å². The second-order valence-electron chi connectivity index (χ2n) is 3.12. The molecule has 0 saturated heterocycles. The summed E-state index contributed by atoms with van der Waals surface area (Å²) in [5, 5.41) is 8.55. The third-order valence-corrected chi connectivity index (χ3v) is 3.43. The number of alkyl halides is 1. The Kier molecular flexibility index (Phi) is 9.64. The quantitative estimate of drug-likeness (QED) is 0.407. The van der Waals surface area contributed by atoms with E-state index in [1.807, 2.05) is 12.1 Å². The van der Waals surface area contributed by atoms with E-state index in [1.54, 1.807) is 24.3 Å². The molecule has 2 nitrogen and oxygen atoms in total. The number of halogens is 3. The van der Waals surface area contributed by atoms with Crippen LogP contribution in [0.25, 0.3) is 0 Å². The summed E-state index contributed by atoms with van der Waals surface area (Å²) in [6.07, 6.45) is 4.79. The number of para-hydroxylation sites is 1. The Hall–Kier alpha value is 0.480. The number of ketones is 1. The molecule has 1 aliphatic rings. The van der Waals surface area contributed by atoms with Gasteiger partial charge in [0.15, 0.2) is 5.78 Å². The van der Waals surface area contributed by atoms with E-state index >= 15 is 0 Å². The predicted molar refractivity (Wildman–Crippen MR) is 84.3 cm³/mol. The standard InChI is InChI=1S/C6H4Cl2O.C6H5IO.Na/c7-4-2-1-3-5(8)6(4)9;7-5-3-1-2-4-6(5)8;/h1-4H;1-4,8H;. The van der Waals surface area contributed by atoms with E-state index in [0.29, 0.717) is 5.75 Å². The summed E-state index contributed by atoms with van der Waals surface area (Å²) >= 11 is 13.0. The Morgan fingerprint density at radius 3 is 2.28 bits per heavy atom. The summed E-state index contributed by atoms with van der Waals surface area (Å²) in [5.74, 6) is 0.133. The zero-order valence-corrected chi connectivity index (χ0v) is 15.3. The van der Waals surface area contributed by atoms with Crippen molar-refractivity contribution in [2.45, 2.75) is 5.38 Å². The summed E-state index contributed by atoms with van der Waals surface area (Å²) in [5.41, 5.74) is 0. The molecule has 1 N–H and O–H groups in total. The molecule has 91 valence electrons. The Balaban J connectivity index is 0.000000306. The van der Waals surface area contributed by atoms with Crippen LogP contribution in [-0.4, -0.2) is 45.8 Å². The fourth-order valence-corrected chi connectivity index (χ4v) is 1.83. The number of carbonyl (C=O) groups excluding carboxylic acids is 1. The molecule has 1 atom stereocenters. The van der Waals surface area contributed by atoms with Crippen LogP contribution < -0.4 is 0 Å². The van der Waals surface area contributed by atoms with Crippen molar-refractivity contribution in [3.05, 3.63) is 51.1 Å². The Labute approximate surface area is 151 Å².